The second kappa shape index (κ2) is 7.29. The van der Waals surface area contributed by atoms with E-state index < -0.39 is 0 Å². The number of methoxy groups -OCH3 is 1. The van der Waals surface area contributed by atoms with Gasteiger partial charge in [0.05, 0.1) is 18.3 Å². The number of hydrogen-bond acceptors (Lipinski definition) is 6. The number of nitrogens with one attached hydrogen (secondary N) is 1. The highest BCUT2D eigenvalue weighted by molar-refractivity contribution is 8.13. The molecule has 7 heteroatoms. The molecule has 136 valence electrons. The number of nitrogens with two attached hydrogens (primary N) is 2. The molecule has 1 aliphatic rings. The Morgan fingerprint density at radius 3 is 2.62 bits per heavy atom. The summed E-state index contributed by atoms with van der Waals surface area (Å²) in [5, 5.41) is 3.45. The van der Waals surface area contributed by atoms with E-state index in [1.165, 1.54) is 0 Å². The number of ether oxygens (including phenoxy) is 1. The molecule has 0 saturated carbocycles. The number of amides is 1. The van der Waals surface area contributed by atoms with E-state index in [0.29, 0.717) is 27.9 Å². The summed E-state index contributed by atoms with van der Waals surface area (Å²) in [5.74, 6) is 1.26. The van der Waals surface area contributed by atoms with Gasteiger partial charge in [-0.05, 0) is 49.2 Å². The number of amidine groups is 1. The van der Waals surface area contributed by atoms with Crippen LogP contribution in [0.2, 0.25) is 0 Å². The van der Waals surface area contributed by atoms with Crippen molar-refractivity contribution < 1.29 is 9.53 Å². The molecule has 3 rings (SSSR count). The first-order chi connectivity index (χ1) is 12.4. The number of hydrogen-bond donors (Lipinski definition) is 3. The highest BCUT2D eigenvalue weighted by Gasteiger charge is 2.29. The summed E-state index contributed by atoms with van der Waals surface area (Å²) in [6, 6.07) is 12.6. The Morgan fingerprint density at radius 2 is 1.96 bits per heavy atom. The van der Waals surface area contributed by atoms with E-state index >= 15 is 0 Å². The molecule has 0 saturated heterocycles. The van der Waals surface area contributed by atoms with Crippen LogP contribution in [-0.4, -0.2) is 23.9 Å². The molecule has 1 unspecified atom stereocenters. The summed E-state index contributed by atoms with van der Waals surface area (Å²) in [6.45, 7) is 2.06. The summed E-state index contributed by atoms with van der Waals surface area (Å²) in [5.41, 5.74) is 14.0. The Bertz CT molecular complexity index is 851. The minimum absolute atomic E-state index is 0.229. The minimum Gasteiger partial charge on any atom is -0.495 e. The van der Waals surface area contributed by atoms with Gasteiger partial charge in [0.25, 0.3) is 5.91 Å². The van der Waals surface area contributed by atoms with E-state index in [2.05, 4.69) is 17.2 Å². The maximum atomic E-state index is 12.6. The van der Waals surface area contributed by atoms with Crippen LogP contribution < -0.4 is 21.5 Å². The van der Waals surface area contributed by atoms with Gasteiger partial charge in [0.2, 0.25) is 0 Å². The normalized spacial score (nSPS) is 19.5. The fraction of sp³-hybridized carbons (Fsp3) is 0.263. The number of nitrogens with zero attached hydrogens (tertiary/aromatic N) is 1. The lowest BCUT2D eigenvalue weighted by molar-refractivity contribution is 0.102. The van der Waals surface area contributed by atoms with Gasteiger partial charge in [-0.2, -0.15) is 0 Å². The van der Waals surface area contributed by atoms with Gasteiger partial charge in [0.1, 0.15) is 5.75 Å². The summed E-state index contributed by atoms with van der Waals surface area (Å²) < 4.78 is 5.26. The second-order valence-corrected chi connectivity index (χ2v) is 7.43. The molecule has 1 aliphatic heterocycles. The number of rotatable bonds is 4. The molecule has 1 amide bonds. The Labute approximate surface area is 157 Å². The van der Waals surface area contributed by atoms with Crippen molar-refractivity contribution in [3.05, 3.63) is 53.6 Å². The third-order valence-corrected chi connectivity index (χ3v) is 5.23. The van der Waals surface area contributed by atoms with Gasteiger partial charge in [-0.25, -0.2) is 0 Å². The maximum absolute atomic E-state index is 12.6. The van der Waals surface area contributed by atoms with Gasteiger partial charge in [-0.1, -0.05) is 23.9 Å². The lowest BCUT2D eigenvalue weighted by Gasteiger charge is -2.29. The average Bonchev–Trinajstić information content (AvgIpc) is 2.62. The molecule has 6 nitrogen and oxygen atoms in total. The molecule has 2 aromatic rings. The lowest BCUT2D eigenvalue weighted by Crippen LogP contribution is -2.28. The monoisotopic (exact) mass is 370 g/mol. The lowest BCUT2D eigenvalue weighted by atomic mass is 9.89. The molecule has 1 heterocycles. The number of thioether (sulfide) groups is 1. The van der Waals surface area contributed by atoms with Crippen LogP contribution in [-0.2, 0) is 5.54 Å². The Kier molecular flexibility index (Phi) is 5.08. The van der Waals surface area contributed by atoms with Gasteiger partial charge in [0, 0.05) is 17.0 Å². The van der Waals surface area contributed by atoms with Crippen molar-refractivity contribution in [1.29, 1.82) is 0 Å². The summed E-state index contributed by atoms with van der Waals surface area (Å²) >= 11 is 1.57. The molecular weight excluding hydrogens is 348 g/mol. The summed E-state index contributed by atoms with van der Waals surface area (Å²) in [7, 11) is 1.55. The SMILES string of the molecule is COc1ccc(N)cc1NC(=O)c1ccc(C2(C)CCSC(N)=N2)cc1. The second-order valence-electron chi connectivity index (χ2n) is 6.31. The van der Waals surface area contributed by atoms with E-state index in [1.54, 1.807) is 49.2 Å². The molecule has 5 N–H and O–H groups in total. The van der Waals surface area contributed by atoms with E-state index in [1.807, 2.05) is 12.1 Å². The molecule has 0 bridgehead atoms. The maximum Gasteiger partial charge on any atom is 0.255 e. The first-order valence-electron chi connectivity index (χ1n) is 8.25. The standard InChI is InChI=1S/C19H22N4O2S/c1-19(9-10-26-18(21)23-19)13-5-3-12(4-6-13)17(24)22-15-11-14(20)7-8-16(15)25-2/h3-8,11H,9-10,20H2,1-2H3,(H2,21,23)(H,22,24). The van der Waals surface area contributed by atoms with Crippen molar-refractivity contribution >= 4 is 34.2 Å². The third kappa shape index (κ3) is 3.77. The molecule has 0 fully saturated rings. The molecule has 26 heavy (non-hydrogen) atoms. The van der Waals surface area contributed by atoms with Crippen LogP contribution in [0.1, 0.15) is 29.3 Å². The predicted molar refractivity (Wildman–Crippen MR) is 108 cm³/mol. The van der Waals surface area contributed by atoms with Crippen LogP contribution >= 0.6 is 11.8 Å². The van der Waals surface area contributed by atoms with Crippen molar-refractivity contribution in [1.82, 2.24) is 0 Å². The van der Waals surface area contributed by atoms with Crippen LogP contribution in [0.25, 0.3) is 0 Å². The zero-order chi connectivity index (χ0) is 18.7. The van der Waals surface area contributed by atoms with Crippen molar-refractivity contribution in [2.45, 2.75) is 18.9 Å². The quantitative estimate of drug-likeness (QED) is 0.717. The van der Waals surface area contributed by atoms with Crippen LogP contribution in [0, 0.1) is 0 Å². The molecule has 1 atom stereocenters. The third-order valence-electron chi connectivity index (χ3n) is 4.44. The Hall–Kier alpha value is -2.67. The first-order valence-corrected chi connectivity index (χ1v) is 9.23. The first kappa shape index (κ1) is 18.1. The van der Waals surface area contributed by atoms with Crippen LogP contribution in [0.5, 0.6) is 5.75 Å². The summed E-state index contributed by atoms with van der Waals surface area (Å²) in [6.07, 6.45) is 0.907. The number of aliphatic imine (C=N–C) groups is 1. The molecular formula is C19H22N4O2S. The number of anilines is 2. The largest absolute Gasteiger partial charge is 0.495 e. The molecule has 0 radical (unpaired) electrons. The van der Waals surface area contributed by atoms with E-state index in [4.69, 9.17) is 16.2 Å². The molecule has 2 aromatic carbocycles. The van der Waals surface area contributed by atoms with Gasteiger partial charge in [-0.15, -0.1) is 0 Å². The zero-order valence-corrected chi connectivity index (χ0v) is 15.6. The van der Waals surface area contributed by atoms with Crippen LogP contribution in [0.3, 0.4) is 0 Å². The number of benzene rings is 2. The van der Waals surface area contributed by atoms with E-state index in [0.717, 1.165) is 17.7 Å². The molecule has 0 aliphatic carbocycles. The highest BCUT2D eigenvalue weighted by Crippen LogP contribution is 2.35. The highest BCUT2D eigenvalue weighted by atomic mass is 32.2. The Morgan fingerprint density at radius 1 is 1.23 bits per heavy atom. The van der Waals surface area contributed by atoms with E-state index in [9.17, 15) is 4.79 Å². The van der Waals surface area contributed by atoms with Crippen molar-refractivity contribution in [3.63, 3.8) is 0 Å². The van der Waals surface area contributed by atoms with Crippen molar-refractivity contribution in [2.24, 2.45) is 10.7 Å². The van der Waals surface area contributed by atoms with Gasteiger partial charge in [-0.3, -0.25) is 9.79 Å². The fourth-order valence-electron chi connectivity index (χ4n) is 2.89. The smallest absolute Gasteiger partial charge is 0.255 e. The van der Waals surface area contributed by atoms with Gasteiger partial charge >= 0.3 is 0 Å². The Balaban J connectivity index is 1.80. The number of carbonyl (C=O) groups is 1. The van der Waals surface area contributed by atoms with Gasteiger partial charge < -0.3 is 21.5 Å². The fourth-order valence-corrected chi connectivity index (χ4v) is 3.87. The van der Waals surface area contributed by atoms with Crippen molar-refractivity contribution in [3.8, 4) is 5.75 Å². The minimum atomic E-state index is -0.346. The predicted octanol–water partition coefficient (Wildman–Crippen LogP) is 3.20. The summed E-state index contributed by atoms with van der Waals surface area (Å²) in [4.78, 5) is 17.1. The topological polar surface area (TPSA) is 103 Å². The van der Waals surface area contributed by atoms with E-state index in [-0.39, 0.29) is 11.4 Å². The van der Waals surface area contributed by atoms with Crippen molar-refractivity contribution in [2.75, 3.05) is 23.9 Å². The van der Waals surface area contributed by atoms with Crippen LogP contribution in [0.15, 0.2) is 47.5 Å². The zero-order valence-electron chi connectivity index (χ0n) is 14.8. The molecule has 0 spiro atoms. The van der Waals surface area contributed by atoms with Gasteiger partial charge in [0.15, 0.2) is 5.17 Å². The number of nitrogen functional groups attached to an aromatic ring is 1. The van der Waals surface area contributed by atoms with Crippen LogP contribution in [0.4, 0.5) is 11.4 Å². The molecule has 0 aromatic heterocycles. The number of carbonyl (C=O) groups excluding carboxylic acids is 1. The average molecular weight is 370 g/mol.